The predicted octanol–water partition coefficient (Wildman–Crippen LogP) is 4.18. The molecular formula is C25H32N2O3. The minimum Gasteiger partial charge on any atom is -0.481 e. The molecule has 1 fully saturated rings. The molecule has 0 aliphatic carbocycles. The highest BCUT2D eigenvalue weighted by atomic mass is 16.5. The van der Waals surface area contributed by atoms with E-state index < -0.39 is 6.10 Å². The molecule has 1 atom stereocenters. The number of amides is 2. The molecule has 2 aromatic carbocycles. The van der Waals surface area contributed by atoms with Crippen LogP contribution in [0.15, 0.2) is 42.5 Å². The summed E-state index contributed by atoms with van der Waals surface area (Å²) in [7, 11) is 0. The molecule has 0 N–H and O–H groups in total. The van der Waals surface area contributed by atoms with Crippen LogP contribution in [-0.4, -0.2) is 53.9 Å². The first-order valence-corrected chi connectivity index (χ1v) is 10.7. The number of hydrogen-bond donors (Lipinski definition) is 0. The van der Waals surface area contributed by atoms with Crippen LogP contribution in [0.3, 0.4) is 0 Å². The van der Waals surface area contributed by atoms with Gasteiger partial charge in [0.15, 0.2) is 6.10 Å². The second-order valence-corrected chi connectivity index (χ2v) is 8.37. The Labute approximate surface area is 179 Å². The summed E-state index contributed by atoms with van der Waals surface area (Å²) in [5.74, 6) is 1.08. The zero-order valence-corrected chi connectivity index (χ0v) is 18.6. The van der Waals surface area contributed by atoms with Gasteiger partial charge >= 0.3 is 0 Å². The third-order valence-corrected chi connectivity index (χ3v) is 5.82. The van der Waals surface area contributed by atoms with Crippen molar-refractivity contribution >= 4 is 11.8 Å². The van der Waals surface area contributed by atoms with E-state index in [1.54, 1.807) is 11.8 Å². The maximum atomic E-state index is 12.9. The smallest absolute Gasteiger partial charge is 0.263 e. The van der Waals surface area contributed by atoms with E-state index in [2.05, 4.69) is 13.8 Å². The van der Waals surface area contributed by atoms with E-state index >= 15 is 0 Å². The molecule has 1 heterocycles. The second kappa shape index (κ2) is 9.33. The van der Waals surface area contributed by atoms with Gasteiger partial charge < -0.3 is 14.5 Å². The van der Waals surface area contributed by atoms with Gasteiger partial charge in [-0.3, -0.25) is 9.59 Å². The minimum atomic E-state index is -0.563. The van der Waals surface area contributed by atoms with E-state index in [9.17, 15) is 9.59 Å². The molecule has 5 heteroatoms. The Bertz CT molecular complexity index is 914. The number of carbonyl (C=O) groups is 2. The number of ether oxygens (including phenoxy) is 1. The third-order valence-electron chi connectivity index (χ3n) is 5.82. The van der Waals surface area contributed by atoms with Crippen LogP contribution in [-0.2, 0) is 4.79 Å². The van der Waals surface area contributed by atoms with Crippen LogP contribution >= 0.6 is 0 Å². The standard InChI is InChI=1S/C25H32N2O3/c1-17(2)22-8-6-7-9-23(22)30-20(5)24(28)26-12-14-27(15-13-26)25(29)21-11-10-18(3)19(4)16-21/h6-11,16-17,20H,12-15H2,1-5H3. The maximum Gasteiger partial charge on any atom is 0.263 e. The number of benzene rings is 2. The van der Waals surface area contributed by atoms with Gasteiger partial charge in [0, 0.05) is 31.7 Å². The number of para-hydroxylation sites is 1. The summed E-state index contributed by atoms with van der Waals surface area (Å²) in [6, 6.07) is 13.7. The second-order valence-electron chi connectivity index (χ2n) is 8.37. The summed E-state index contributed by atoms with van der Waals surface area (Å²) < 4.78 is 6.02. The van der Waals surface area contributed by atoms with Gasteiger partial charge in [-0.05, 0) is 61.6 Å². The monoisotopic (exact) mass is 408 g/mol. The molecule has 2 amide bonds. The van der Waals surface area contributed by atoms with Gasteiger partial charge in [0.2, 0.25) is 0 Å². The van der Waals surface area contributed by atoms with Gasteiger partial charge in [-0.25, -0.2) is 0 Å². The highest BCUT2D eigenvalue weighted by molar-refractivity contribution is 5.94. The number of aryl methyl sites for hydroxylation is 2. The summed E-state index contributed by atoms with van der Waals surface area (Å²) in [6.07, 6.45) is -0.563. The fraction of sp³-hybridized carbons (Fsp3) is 0.440. The Morgan fingerprint density at radius 3 is 2.13 bits per heavy atom. The molecule has 5 nitrogen and oxygen atoms in total. The maximum absolute atomic E-state index is 12.9. The average molecular weight is 409 g/mol. The van der Waals surface area contributed by atoms with Gasteiger partial charge in [0.1, 0.15) is 5.75 Å². The lowest BCUT2D eigenvalue weighted by molar-refractivity contribution is -0.139. The van der Waals surface area contributed by atoms with E-state index in [-0.39, 0.29) is 11.8 Å². The molecule has 1 aliphatic heterocycles. The van der Waals surface area contributed by atoms with Crippen LogP contribution in [0, 0.1) is 13.8 Å². The molecule has 2 aromatic rings. The van der Waals surface area contributed by atoms with E-state index in [1.807, 2.05) is 61.2 Å². The van der Waals surface area contributed by atoms with Crippen LogP contribution in [0.2, 0.25) is 0 Å². The van der Waals surface area contributed by atoms with Gasteiger partial charge in [-0.1, -0.05) is 38.1 Å². The average Bonchev–Trinajstić information content (AvgIpc) is 2.75. The molecule has 0 radical (unpaired) electrons. The zero-order chi connectivity index (χ0) is 21.8. The molecule has 3 rings (SSSR count). The summed E-state index contributed by atoms with van der Waals surface area (Å²) in [5.41, 5.74) is 4.10. The first kappa shape index (κ1) is 21.9. The van der Waals surface area contributed by atoms with E-state index in [4.69, 9.17) is 4.74 Å². The third kappa shape index (κ3) is 4.84. The lowest BCUT2D eigenvalue weighted by atomic mass is 10.0. The van der Waals surface area contributed by atoms with E-state index in [0.717, 1.165) is 16.9 Å². The van der Waals surface area contributed by atoms with Crippen molar-refractivity contribution in [2.45, 2.75) is 46.6 Å². The predicted molar refractivity (Wildman–Crippen MR) is 119 cm³/mol. The highest BCUT2D eigenvalue weighted by Gasteiger charge is 2.28. The van der Waals surface area contributed by atoms with E-state index in [0.29, 0.717) is 37.7 Å². The number of hydrogen-bond acceptors (Lipinski definition) is 3. The Balaban J connectivity index is 1.58. The van der Waals surface area contributed by atoms with Gasteiger partial charge in [-0.15, -0.1) is 0 Å². The summed E-state index contributed by atoms with van der Waals surface area (Å²) >= 11 is 0. The van der Waals surface area contributed by atoms with Gasteiger partial charge in [-0.2, -0.15) is 0 Å². The Hall–Kier alpha value is -2.82. The molecule has 1 aliphatic rings. The van der Waals surface area contributed by atoms with Crippen molar-refractivity contribution in [1.82, 2.24) is 9.80 Å². The number of piperazine rings is 1. The largest absolute Gasteiger partial charge is 0.481 e. The van der Waals surface area contributed by atoms with Gasteiger partial charge in [0.05, 0.1) is 0 Å². The quantitative estimate of drug-likeness (QED) is 0.746. The SMILES string of the molecule is Cc1ccc(C(=O)N2CCN(C(=O)C(C)Oc3ccccc3C(C)C)CC2)cc1C. The molecule has 0 bridgehead atoms. The molecule has 0 aromatic heterocycles. The zero-order valence-electron chi connectivity index (χ0n) is 18.6. The summed E-state index contributed by atoms with van der Waals surface area (Å²) in [4.78, 5) is 29.3. The fourth-order valence-electron chi connectivity index (χ4n) is 3.75. The number of nitrogens with zero attached hydrogens (tertiary/aromatic N) is 2. The lowest BCUT2D eigenvalue weighted by Gasteiger charge is -2.36. The van der Waals surface area contributed by atoms with Crippen LogP contribution < -0.4 is 4.74 Å². The molecule has 1 saturated heterocycles. The number of carbonyl (C=O) groups excluding carboxylic acids is 2. The molecule has 0 saturated carbocycles. The fourth-order valence-corrected chi connectivity index (χ4v) is 3.75. The van der Waals surface area contributed by atoms with E-state index in [1.165, 1.54) is 5.56 Å². The number of rotatable bonds is 5. The summed E-state index contributed by atoms with van der Waals surface area (Å²) in [6.45, 7) is 12.2. The highest BCUT2D eigenvalue weighted by Crippen LogP contribution is 2.27. The van der Waals surface area contributed by atoms with Crippen molar-refractivity contribution in [3.8, 4) is 5.75 Å². The normalized spacial score (nSPS) is 15.3. The van der Waals surface area contributed by atoms with Gasteiger partial charge in [0.25, 0.3) is 11.8 Å². The van der Waals surface area contributed by atoms with Crippen LogP contribution in [0.5, 0.6) is 5.75 Å². The van der Waals surface area contributed by atoms with Crippen LogP contribution in [0.4, 0.5) is 0 Å². The van der Waals surface area contributed by atoms with Crippen molar-refractivity contribution in [3.63, 3.8) is 0 Å². The first-order chi connectivity index (χ1) is 14.3. The van der Waals surface area contributed by atoms with Crippen molar-refractivity contribution in [3.05, 3.63) is 64.7 Å². The molecule has 0 spiro atoms. The molecule has 30 heavy (non-hydrogen) atoms. The minimum absolute atomic E-state index is 0.0281. The van der Waals surface area contributed by atoms with Crippen LogP contribution in [0.25, 0.3) is 0 Å². The lowest BCUT2D eigenvalue weighted by Crippen LogP contribution is -2.53. The van der Waals surface area contributed by atoms with Crippen molar-refractivity contribution in [2.75, 3.05) is 26.2 Å². The molecule has 160 valence electrons. The molecular weight excluding hydrogens is 376 g/mol. The topological polar surface area (TPSA) is 49.9 Å². The summed E-state index contributed by atoms with van der Waals surface area (Å²) in [5, 5.41) is 0. The van der Waals surface area contributed by atoms with Crippen molar-refractivity contribution < 1.29 is 14.3 Å². The van der Waals surface area contributed by atoms with Crippen molar-refractivity contribution in [1.29, 1.82) is 0 Å². The van der Waals surface area contributed by atoms with Crippen molar-refractivity contribution in [2.24, 2.45) is 0 Å². The molecule has 1 unspecified atom stereocenters. The Morgan fingerprint density at radius 1 is 0.867 bits per heavy atom. The van der Waals surface area contributed by atoms with Crippen LogP contribution in [0.1, 0.15) is 53.7 Å². The Morgan fingerprint density at radius 2 is 1.50 bits per heavy atom. The first-order valence-electron chi connectivity index (χ1n) is 10.7. The Kier molecular flexibility index (Phi) is 6.80.